The zero-order valence-electron chi connectivity index (χ0n) is 9.82. The van der Waals surface area contributed by atoms with E-state index in [9.17, 15) is 9.47 Å². The summed E-state index contributed by atoms with van der Waals surface area (Å²) in [6.45, 7) is 0. The van der Waals surface area contributed by atoms with Crippen molar-refractivity contribution in [2.75, 3.05) is 5.75 Å². The van der Waals surface area contributed by atoms with Gasteiger partial charge < -0.3 is 0 Å². The molecule has 0 bridgehead atoms. The minimum absolute atomic E-state index is 0.327. The van der Waals surface area contributed by atoms with E-state index in [1.165, 1.54) is 0 Å². The Morgan fingerprint density at radius 2 is 1.56 bits per heavy atom. The smallest absolute Gasteiger partial charge is 0.0831 e. The second kappa shape index (κ2) is 6.13. The van der Waals surface area contributed by atoms with Crippen LogP contribution in [-0.4, -0.2) is 9.96 Å². The van der Waals surface area contributed by atoms with Crippen molar-refractivity contribution in [3.05, 3.63) is 66.2 Å². The number of hydrogen-bond donors (Lipinski definition) is 0. The Morgan fingerprint density at radius 3 is 2.11 bits per heavy atom. The molecule has 2 rings (SSSR count). The predicted octanol–water partition coefficient (Wildman–Crippen LogP) is 3.10. The molecule has 0 radical (unpaired) electrons. The molecule has 0 spiro atoms. The van der Waals surface area contributed by atoms with E-state index in [4.69, 9.17) is 0 Å². The van der Waals surface area contributed by atoms with E-state index in [-0.39, 0.29) is 5.92 Å². The summed E-state index contributed by atoms with van der Waals surface area (Å²) < 4.78 is 12.1. The first kappa shape index (κ1) is 12.5. The van der Waals surface area contributed by atoms with E-state index < -0.39 is 10.8 Å². The van der Waals surface area contributed by atoms with Gasteiger partial charge in [-0.1, -0.05) is 48.5 Å². The van der Waals surface area contributed by atoms with Crippen molar-refractivity contribution in [3.63, 3.8) is 0 Å². The van der Waals surface area contributed by atoms with Crippen molar-refractivity contribution >= 4 is 10.8 Å². The van der Waals surface area contributed by atoms with Crippen LogP contribution in [0, 0.1) is 11.3 Å². The summed E-state index contributed by atoms with van der Waals surface area (Å²) in [7, 11) is -1.14. The third-order valence-corrected chi connectivity index (χ3v) is 4.12. The normalized spacial score (nSPS) is 13.5. The Hall–Kier alpha value is -1.92. The molecule has 0 N–H and O–H groups in total. The lowest BCUT2D eigenvalue weighted by Gasteiger charge is -2.09. The van der Waals surface area contributed by atoms with Crippen LogP contribution in [0.25, 0.3) is 0 Å². The van der Waals surface area contributed by atoms with Gasteiger partial charge in [0.25, 0.3) is 0 Å². The Bertz CT molecular complexity index is 560. The number of benzene rings is 2. The van der Waals surface area contributed by atoms with Gasteiger partial charge in [0.05, 0.1) is 22.8 Å². The molecule has 0 amide bonds. The average molecular weight is 255 g/mol. The molecule has 0 aromatic heterocycles. The van der Waals surface area contributed by atoms with Gasteiger partial charge in [0.1, 0.15) is 0 Å². The molecule has 0 aliphatic heterocycles. The van der Waals surface area contributed by atoms with E-state index in [1.54, 1.807) is 0 Å². The minimum atomic E-state index is -1.14. The van der Waals surface area contributed by atoms with Gasteiger partial charge in [-0.05, 0) is 17.7 Å². The summed E-state index contributed by atoms with van der Waals surface area (Å²) in [4.78, 5) is 0.772. The van der Waals surface area contributed by atoms with Gasteiger partial charge in [-0.2, -0.15) is 5.26 Å². The van der Waals surface area contributed by atoms with Crippen LogP contribution < -0.4 is 0 Å². The average Bonchev–Trinajstić information content (AvgIpc) is 2.46. The molecule has 18 heavy (non-hydrogen) atoms. The van der Waals surface area contributed by atoms with Crippen molar-refractivity contribution in [1.82, 2.24) is 0 Å². The molecule has 2 atom stereocenters. The molecule has 0 fully saturated rings. The molecule has 2 aromatic carbocycles. The van der Waals surface area contributed by atoms with Crippen LogP contribution in [0.15, 0.2) is 65.6 Å². The SMILES string of the molecule is N#CC(CS(=O)c1ccccc1)c1ccccc1. The summed E-state index contributed by atoms with van der Waals surface area (Å²) in [6, 6.07) is 21.0. The van der Waals surface area contributed by atoms with Crippen LogP contribution in [0.5, 0.6) is 0 Å². The number of nitrogens with zero attached hydrogens (tertiary/aromatic N) is 1. The van der Waals surface area contributed by atoms with E-state index in [0.717, 1.165) is 10.5 Å². The highest BCUT2D eigenvalue weighted by atomic mass is 32.2. The number of nitriles is 1. The monoisotopic (exact) mass is 255 g/mol. The first-order valence-corrected chi connectivity index (χ1v) is 7.01. The summed E-state index contributed by atoms with van der Waals surface area (Å²) in [5.74, 6) is 0.0112. The Labute approximate surface area is 109 Å². The summed E-state index contributed by atoms with van der Waals surface area (Å²) in [5.41, 5.74) is 0.921. The molecular weight excluding hydrogens is 242 g/mol. The minimum Gasteiger partial charge on any atom is -0.254 e. The van der Waals surface area contributed by atoms with Crippen LogP contribution in [-0.2, 0) is 10.8 Å². The first-order chi connectivity index (χ1) is 8.81. The lowest BCUT2D eigenvalue weighted by molar-refractivity contribution is 0.680. The van der Waals surface area contributed by atoms with Gasteiger partial charge in [0.2, 0.25) is 0 Å². The van der Waals surface area contributed by atoms with Gasteiger partial charge in [0, 0.05) is 10.6 Å². The highest BCUT2D eigenvalue weighted by molar-refractivity contribution is 7.85. The van der Waals surface area contributed by atoms with E-state index >= 15 is 0 Å². The summed E-state index contributed by atoms with van der Waals surface area (Å²) in [5, 5.41) is 9.19. The van der Waals surface area contributed by atoms with E-state index in [1.807, 2.05) is 60.7 Å². The van der Waals surface area contributed by atoms with Crippen LogP contribution in [0.3, 0.4) is 0 Å². The maximum atomic E-state index is 12.1. The lowest BCUT2D eigenvalue weighted by atomic mass is 10.0. The van der Waals surface area contributed by atoms with Gasteiger partial charge in [-0.3, -0.25) is 4.21 Å². The van der Waals surface area contributed by atoms with Crippen molar-refractivity contribution in [2.24, 2.45) is 0 Å². The molecule has 0 aliphatic carbocycles. The zero-order chi connectivity index (χ0) is 12.8. The van der Waals surface area contributed by atoms with Crippen molar-refractivity contribution in [2.45, 2.75) is 10.8 Å². The molecule has 3 heteroatoms. The fourth-order valence-corrected chi connectivity index (χ4v) is 2.94. The van der Waals surface area contributed by atoms with Crippen LogP contribution >= 0.6 is 0 Å². The highest BCUT2D eigenvalue weighted by Gasteiger charge is 2.15. The molecule has 2 unspecified atom stereocenters. The van der Waals surface area contributed by atoms with E-state index in [0.29, 0.717) is 5.75 Å². The quantitative estimate of drug-likeness (QED) is 0.842. The second-order valence-electron chi connectivity index (χ2n) is 3.92. The third kappa shape index (κ3) is 3.06. The first-order valence-electron chi connectivity index (χ1n) is 5.69. The standard InChI is InChI=1S/C15H13NOS/c16-11-14(13-7-3-1-4-8-13)12-18(17)15-9-5-2-6-10-15/h1-10,14H,12H2. The molecule has 90 valence electrons. The molecule has 0 saturated carbocycles. The Morgan fingerprint density at radius 1 is 1.00 bits per heavy atom. The van der Waals surface area contributed by atoms with Crippen LogP contribution in [0.2, 0.25) is 0 Å². The molecular formula is C15H13NOS. The third-order valence-electron chi connectivity index (χ3n) is 2.68. The maximum absolute atomic E-state index is 12.1. The van der Waals surface area contributed by atoms with Crippen LogP contribution in [0.1, 0.15) is 11.5 Å². The molecule has 2 nitrogen and oxygen atoms in total. The number of hydrogen-bond acceptors (Lipinski definition) is 2. The zero-order valence-corrected chi connectivity index (χ0v) is 10.6. The topological polar surface area (TPSA) is 40.9 Å². The summed E-state index contributed by atoms with van der Waals surface area (Å²) >= 11 is 0. The molecule has 0 saturated heterocycles. The van der Waals surface area contributed by atoms with Gasteiger partial charge in [-0.25, -0.2) is 0 Å². The highest BCUT2D eigenvalue weighted by Crippen LogP contribution is 2.18. The van der Waals surface area contributed by atoms with E-state index in [2.05, 4.69) is 6.07 Å². The van der Waals surface area contributed by atoms with Gasteiger partial charge in [0.15, 0.2) is 0 Å². The Kier molecular flexibility index (Phi) is 4.27. The second-order valence-corrected chi connectivity index (χ2v) is 5.41. The largest absolute Gasteiger partial charge is 0.254 e. The maximum Gasteiger partial charge on any atom is 0.0831 e. The van der Waals surface area contributed by atoms with Crippen molar-refractivity contribution in [1.29, 1.82) is 5.26 Å². The van der Waals surface area contributed by atoms with Gasteiger partial charge >= 0.3 is 0 Å². The summed E-state index contributed by atoms with van der Waals surface area (Å²) in [6.07, 6.45) is 0. The predicted molar refractivity (Wildman–Crippen MR) is 72.5 cm³/mol. The van der Waals surface area contributed by atoms with Crippen LogP contribution in [0.4, 0.5) is 0 Å². The molecule has 0 heterocycles. The fourth-order valence-electron chi connectivity index (χ4n) is 1.71. The molecule has 0 aliphatic rings. The van der Waals surface area contributed by atoms with Crippen molar-refractivity contribution in [3.8, 4) is 6.07 Å². The van der Waals surface area contributed by atoms with Gasteiger partial charge in [-0.15, -0.1) is 0 Å². The Balaban J connectivity index is 2.14. The molecule has 2 aromatic rings. The van der Waals surface area contributed by atoms with Crippen molar-refractivity contribution < 1.29 is 4.21 Å². The lowest BCUT2D eigenvalue weighted by Crippen LogP contribution is -2.08. The number of rotatable bonds is 4. The fraction of sp³-hybridized carbons (Fsp3) is 0.133.